The summed E-state index contributed by atoms with van der Waals surface area (Å²) in [5.41, 5.74) is 6.79. The van der Waals surface area contributed by atoms with E-state index in [0.717, 1.165) is 5.56 Å². The molecule has 2 aromatic rings. The van der Waals surface area contributed by atoms with E-state index in [1.165, 1.54) is 33.5 Å². The summed E-state index contributed by atoms with van der Waals surface area (Å²) in [6, 6.07) is 10.3. The molecule has 1 aliphatic rings. The summed E-state index contributed by atoms with van der Waals surface area (Å²) in [7, 11) is 4.37. The molecule has 9 nitrogen and oxygen atoms in total. The summed E-state index contributed by atoms with van der Waals surface area (Å²) >= 11 is 0. The molecule has 1 aliphatic heterocycles. The highest BCUT2D eigenvalue weighted by Gasteiger charge is 2.29. The first-order valence-electron chi connectivity index (χ1n) is 10.6. The number of carbonyl (C=O) groups excluding carboxylic acids is 3. The third-order valence-corrected chi connectivity index (χ3v) is 5.60. The van der Waals surface area contributed by atoms with Gasteiger partial charge in [0.2, 0.25) is 11.7 Å². The fraction of sp³-hybridized carbons (Fsp3) is 0.375. The van der Waals surface area contributed by atoms with E-state index in [4.69, 9.17) is 14.2 Å². The maximum atomic E-state index is 12.8. The quantitative estimate of drug-likeness (QED) is 0.648. The molecule has 1 fully saturated rings. The van der Waals surface area contributed by atoms with Gasteiger partial charge in [0.05, 0.1) is 27.2 Å². The number of carbonyl (C=O) groups is 3. The highest BCUT2D eigenvalue weighted by atomic mass is 16.5. The minimum atomic E-state index is -0.536. The molecule has 3 rings (SSSR count). The number of nitrogens with one attached hydrogen (secondary N) is 2. The van der Waals surface area contributed by atoms with Gasteiger partial charge in [0.1, 0.15) is 0 Å². The molecule has 33 heavy (non-hydrogen) atoms. The zero-order valence-corrected chi connectivity index (χ0v) is 19.3. The Morgan fingerprint density at radius 3 is 2.12 bits per heavy atom. The summed E-state index contributed by atoms with van der Waals surface area (Å²) in [5.74, 6) is -0.400. The van der Waals surface area contributed by atoms with Gasteiger partial charge in [-0.15, -0.1) is 0 Å². The molecular weight excluding hydrogens is 426 g/mol. The molecule has 0 aromatic heterocycles. The van der Waals surface area contributed by atoms with Crippen LogP contribution in [0.1, 0.15) is 39.1 Å². The summed E-state index contributed by atoms with van der Waals surface area (Å²) in [6.45, 7) is 2.84. The van der Waals surface area contributed by atoms with Crippen molar-refractivity contribution >= 4 is 17.7 Å². The molecule has 0 spiro atoms. The van der Waals surface area contributed by atoms with Gasteiger partial charge in [-0.25, -0.2) is 0 Å². The summed E-state index contributed by atoms with van der Waals surface area (Å²) in [6.07, 6.45) is 1.33. The molecule has 0 saturated carbocycles. The molecule has 2 N–H and O–H groups in total. The second-order valence-corrected chi connectivity index (χ2v) is 7.81. The maximum absolute atomic E-state index is 12.8. The second kappa shape index (κ2) is 10.7. The minimum absolute atomic E-state index is 0.103. The molecule has 0 aliphatic carbocycles. The van der Waals surface area contributed by atoms with Crippen molar-refractivity contribution in [2.45, 2.75) is 19.8 Å². The number of ether oxygens (including phenoxy) is 3. The number of methoxy groups -OCH3 is 3. The van der Waals surface area contributed by atoms with E-state index < -0.39 is 11.8 Å². The molecule has 9 heteroatoms. The number of rotatable bonds is 6. The van der Waals surface area contributed by atoms with E-state index in [1.807, 2.05) is 19.1 Å². The number of aryl methyl sites for hydroxylation is 1. The number of hydrogen-bond donors (Lipinski definition) is 2. The van der Waals surface area contributed by atoms with Crippen LogP contribution in [0, 0.1) is 12.8 Å². The minimum Gasteiger partial charge on any atom is -0.493 e. The first-order chi connectivity index (χ1) is 15.9. The van der Waals surface area contributed by atoms with Crippen molar-refractivity contribution in [2.24, 2.45) is 5.92 Å². The van der Waals surface area contributed by atoms with Crippen LogP contribution in [-0.4, -0.2) is 57.0 Å². The largest absolute Gasteiger partial charge is 0.493 e. The predicted octanol–water partition coefficient (Wildman–Crippen LogP) is 2.33. The SMILES string of the molecule is COc1cc(C(=O)NNC(=O)C2CCCN(C(=O)c3ccc(C)cc3)C2)cc(OC)c1OC. The molecule has 3 amide bonds. The maximum Gasteiger partial charge on any atom is 0.269 e. The van der Waals surface area contributed by atoms with Crippen LogP contribution < -0.4 is 25.1 Å². The van der Waals surface area contributed by atoms with Crippen LogP contribution >= 0.6 is 0 Å². The number of hydrogen-bond acceptors (Lipinski definition) is 6. The van der Waals surface area contributed by atoms with Gasteiger partial charge in [-0.2, -0.15) is 0 Å². The van der Waals surface area contributed by atoms with E-state index in [1.54, 1.807) is 17.0 Å². The molecule has 1 atom stereocenters. The number of nitrogens with zero attached hydrogens (tertiary/aromatic N) is 1. The Kier molecular flexibility index (Phi) is 7.76. The lowest BCUT2D eigenvalue weighted by Crippen LogP contribution is -2.50. The monoisotopic (exact) mass is 455 g/mol. The van der Waals surface area contributed by atoms with Crippen molar-refractivity contribution < 1.29 is 28.6 Å². The van der Waals surface area contributed by atoms with Gasteiger partial charge in [-0.05, 0) is 44.0 Å². The first-order valence-corrected chi connectivity index (χ1v) is 10.6. The molecule has 1 heterocycles. The lowest BCUT2D eigenvalue weighted by Gasteiger charge is -2.32. The zero-order chi connectivity index (χ0) is 24.0. The Labute approximate surface area is 193 Å². The summed E-state index contributed by atoms with van der Waals surface area (Å²) in [5, 5.41) is 0. The number of likely N-dealkylation sites (tertiary alicyclic amines) is 1. The van der Waals surface area contributed by atoms with Gasteiger partial charge in [-0.3, -0.25) is 25.2 Å². The lowest BCUT2D eigenvalue weighted by atomic mass is 9.96. The Bertz CT molecular complexity index is 996. The van der Waals surface area contributed by atoms with Crippen LogP contribution in [0.3, 0.4) is 0 Å². The lowest BCUT2D eigenvalue weighted by molar-refractivity contribution is -0.127. The van der Waals surface area contributed by atoms with Gasteiger partial charge in [-0.1, -0.05) is 17.7 Å². The summed E-state index contributed by atoms with van der Waals surface area (Å²) in [4.78, 5) is 39.8. The topological polar surface area (TPSA) is 106 Å². The molecule has 1 unspecified atom stereocenters. The van der Waals surface area contributed by atoms with Gasteiger partial charge in [0, 0.05) is 24.2 Å². The van der Waals surface area contributed by atoms with Crippen molar-refractivity contribution in [3.63, 3.8) is 0 Å². The van der Waals surface area contributed by atoms with E-state index in [0.29, 0.717) is 48.7 Å². The highest BCUT2D eigenvalue weighted by molar-refractivity contribution is 5.97. The van der Waals surface area contributed by atoms with Gasteiger partial charge in [0.25, 0.3) is 11.8 Å². The molecule has 176 valence electrons. The molecule has 2 aromatic carbocycles. The second-order valence-electron chi connectivity index (χ2n) is 7.81. The van der Waals surface area contributed by atoms with Crippen molar-refractivity contribution in [1.29, 1.82) is 0 Å². The number of hydrazine groups is 1. The van der Waals surface area contributed by atoms with Crippen LogP contribution in [0.2, 0.25) is 0 Å². The van der Waals surface area contributed by atoms with Crippen molar-refractivity contribution in [3.05, 3.63) is 53.1 Å². The normalized spacial score (nSPS) is 15.4. The average molecular weight is 456 g/mol. The fourth-order valence-electron chi connectivity index (χ4n) is 3.76. The Morgan fingerprint density at radius 2 is 1.55 bits per heavy atom. The van der Waals surface area contributed by atoms with Crippen LogP contribution in [0.15, 0.2) is 36.4 Å². The Morgan fingerprint density at radius 1 is 0.909 bits per heavy atom. The van der Waals surface area contributed by atoms with Crippen LogP contribution in [0.4, 0.5) is 0 Å². The Balaban J connectivity index is 1.61. The van der Waals surface area contributed by atoms with E-state index in [9.17, 15) is 14.4 Å². The van der Waals surface area contributed by atoms with Crippen LogP contribution in [0.25, 0.3) is 0 Å². The number of piperidine rings is 1. The third kappa shape index (κ3) is 5.54. The summed E-state index contributed by atoms with van der Waals surface area (Å²) < 4.78 is 15.8. The number of benzene rings is 2. The third-order valence-electron chi connectivity index (χ3n) is 5.60. The van der Waals surface area contributed by atoms with E-state index in [-0.39, 0.29) is 17.4 Å². The van der Waals surface area contributed by atoms with Crippen molar-refractivity contribution in [1.82, 2.24) is 15.8 Å². The highest BCUT2D eigenvalue weighted by Crippen LogP contribution is 2.38. The fourth-order valence-corrected chi connectivity index (χ4v) is 3.76. The standard InChI is InChI=1S/C24H29N3O6/c1-15-7-9-16(10-8-15)24(30)27-11-5-6-17(14-27)22(28)25-26-23(29)18-12-19(31-2)21(33-4)20(13-18)32-3/h7-10,12-13,17H,5-6,11,14H2,1-4H3,(H,25,28)(H,26,29). The van der Waals surface area contributed by atoms with Gasteiger partial charge in [0.15, 0.2) is 11.5 Å². The molecule has 0 bridgehead atoms. The van der Waals surface area contributed by atoms with Crippen molar-refractivity contribution in [3.8, 4) is 17.2 Å². The molecule has 1 saturated heterocycles. The van der Waals surface area contributed by atoms with Gasteiger partial charge < -0.3 is 19.1 Å². The van der Waals surface area contributed by atoms with Crippen LogP contribution in [-0.2, 0) is 4.79 Å². The first kappa shape index (κ1) is 23.9. The molecular formula is C24H29N3O6. The smallest absolute Gasteiger partial charge is 0.269 e. The van der Waals surface area contributed by atoms with E-state index >= 15 is 0 Å². The average Bonchev–Trinajstić information content (AvgIpc) is 2.86. The zero-order valence-electron chi connectivity index (χ0n) is 19.3. The van der Waals surface area contributed by atoms with Gasteiger partial charge >= 0.3 is 0 Å². The Hall–Kier alpha value is -3.75. The van der Waals surface area contributed by atoms with Crippen molar-refractivity contribution in [2.75, 3.05) is 34.4 Å². The number of amides is 3. The van der Waals surface area contributed by atoms with Crippen LogP contribution in [0.5, 0.6) is 17.2 Å². The molecule has 0 radical (unpaired) electrons. The predicted molar refractivity (Wildman–Crippen MR) is 122 cm³/mol. The van der Waals surface area contributed by atoms with E-state index in [2.05, 4.69) is 10.9 Å².